The molecular formula is C14H21NO3. The standard InChI is InChI=1S/C14H21NO3/c1-15(13-5-6-18-10-13)8-12-7-11(9-16)3-4-14(12)17-2/h3-4,7,13,16H,5-6,8-10H2,1-2H3. The molecule has 0 amide bonds. The highest BCUT2D eigenvalue weighted by atomic mass is 16.5. The van der Waals surface area contributed by atoms with Crippen LogP contribution in [0.15, 0.2) is 18.2 Å². The van der Waals surface area contributed by atoms with Crippen molar-refractivity contribution < 1.29 is 14.6 Å². The van der Waals surface area contributed by atoms with Gasteiger partial charge in [0.1, 0.15) is 5.75 Å². The fourth-order valence-electron chi connectivity index (χ4n) is 2.32. The van der Waals surface area contributed by atoms with E-state index >= 15 is 0 Å². The van der Waals surface area contributed by atoms with Gasteiger partial charge in [-0.15, -0.1) is 0 Å². The van der Waals surface area contributed by atoms with Crippen LogP contribution in [0.4, 0.5) is 0 Å². The zero-order chi connectivity index (χ0) is 13.0. The first-order valence-electron chi connectivity index (χ1n) is 6.29. The number of hydrogen-bond donors (Lipinski definition) is 1. The minimum absolute atomic E-state index is 0.0627. The predicted octanol–water partition coefficient (Wildman–Crippen LogP) is 1.41. The minimum Gasteiger partial charge on any atom is -0.496 e. The van der Waals surface area contributed by atoms with Crippen LogP contribution in [-0.4, -0.2) is 43.4 Å². The second-order valence-corrected chi connectivity index (χ2v) is 4.74. The van der Waals surface area contributed by atoms with E-state index in [-0.39, 0.29) is 6.61 Å². The molecule has 0 bridgehead atoms. The molecule has 0 radical (unpaired) electrons. The maximum atomic E-state index is 9.20. The third-order valence-electron chi connectivity index (χ3n) is 3.48. The van der Waals surface area contributed by atoms with Crippen LogP contribution in [0, 0.1) is 0 Å². The van der Waals surface area contributed by atoms with Gasteiger partial charge in [0, 0.05) is 24.8 Å². The van der Waals surface area contributed by atoms with Crippen molar-refractivity contribution in [1.82, 2.24) is 4.90 Å². The number of aliphatic hydroxyl groups is 1. The van der Waals surface area contributed by atoms with Crippen LogP contribution in [-0.2, 0) is 17.9 Å². The van der Waals surface area contributed by atoms with Gasteiger partial charge in [0.2, 0.25) is 0 Å². The second kappa shape index (κ2) is 6.18. The molecule has 2 rings (SSSR count). The van der Waals surface area contributed by atoms with Crippen molar-refractivity contribution in [3.05, 3.63) is 29.3 Å². The molecule has 1 aromatic carbocycles. The van der Waals surface area contributed by atoms with Gasteiger partial charge in [0.15, 0.2) is 0 Å². The van der Waals surface area contributed by atoms with E-state index < -0.39 is 0 Å². The molecule has 1 unspecified atom stereocenters. The highest BCUT2D eigenvalue weighted by Gasteiger charge is 2.21. The molecule has 1 fully saturated rings. The molecule has 0 aliphatic carbocycles. The molecule has 18 heavy (non-hydrogen) atoms. The average Bonchev–Trinajstić information content (AvgIpc) is 2.92. The van der Waals surface area contributed by atoms with Gasteiger partial charge in [0.05, 0.1) is 20.3 Å². The van der Waals surface area contributed by atoms with Gasteiger partial charge < -0.3 is 14.6 Å². The summed E-state index contributed by atoms with van der Waals surface area (Å²) in [5.74, 6) is 0.873. The Kier molecular flexibility index (Phi) is 4.58. The SMILES string of the molecule is COc1ccc(CO)cc1CN(C)C1CCOC1. The highest BCUT2D eigenvalue weighted by molar-refractivity contribution is 5.37. The number of ether oxygens (including phenoxy) is 2. The van der Waals surface area contributed by atoms with E-state index in [0.29, 0.717) is 6.04 Å². The van der Waals surface area contributed by atoms with E-state index in [0.717, 1.165) is 43.1 Å². The van der Waals surface area contributed by atoms with E-state index in [4.69, 9.17) is 9.47 Å². The smallest absolute Gasteiger partial charge is 0.123 e. The summed E-state index contributed by atoms with van der Waals surface area (Å²) >= 11 is 0. The Morgan fingerprint density at radius 3 is 2.94 bits per heavy atom. The highest BCUT2D eigenvalue weighted by Crippen LogP contribution is 2.23. The average molecular weight is 251 g/mol. The van der Waals surface area contributed by atoms with Gasteiger partial charge in [0.25, 0.3) is 0 Å². The summed E-state index contributed by atoms with van der Waals surface area (Å²) in [5, 5.41) is 9.20. The summed E-state index contributed by atoms with van der Waals surface area (Å²) in [4.78, 5) is 2.28. The van der Waals surface area contributed by atoms with Gasteiger partial charge in [-0.05, 0) is 31.2 Å². The van der Waals surface area contributed by atoms with Crippen molar-refractivity contribution >= 4 is 0 Å². The molecular weight excluding hydrogens is 230 g/mol. The predicted molar refractivity (Wildman–Crippen MR) is 69.6 cm³/mol. The van der Waals surface area contributed by atoms with Gasteiger partial charge >= 0.3 is 0 Å². The number of hydrogen-bond acceptors (Lipinski definition) is 4. The fraction of sp³-hybridized carbons (Fsp3) is 0.571. The molecule has 1 heterocycles. The zero-order valence-corrected chi connectivity index (χ0v) is 11.1. The van der Waals surface area contributed by atoms with Crippen LogP contribution >= 0.6 is 0 Å². The van der Waals surface area contributed by atoms with E-state index in [2.05, 4.69) is 11.9 Å². The largest absolute Gasteiger partial charge is 0.496 e. The summed E-state index contributed by atoms with van der Waals surface area (Å²) in [7, 11) is 3.78. The van der Waals surface area contributed by atoms with Crippen LogP contribution in [0.5, 0.6) is 5.75 Å². The lowest BCUT2D eigenvalue weighted by molar-refractivity contribution is 0.156. The molecule has 1 aromatic rings. The lowest BCUT2D eigenvalue weighted by Gasteiger charge is -2.24. The quantitative estimate of drug-likeness (QED) is 0.859. The molecule has 0 spiro atoms. The summed E-state index contributed by atoms with van der Waals surface area (Å²) in [5.41, 5.74) is 2.03. The van der Waals surface area contributed by atoms with E-state index in [1.807, 2.05) is 18.2 Å². The molecule has 1 atom stereocenters. The lowest BCUT2D eigenvalue weighted by atomic mass is 10.1. The summed E-state index contributed by atoms with van der Waals surface area (Å²) in [6.07, 6.45) is 1.08. The molecule has 1 aliphatic heterocycles. The molecule has 1 aliphatic rings. The maximum Gasteiger partial charge on any atom is 0.123 e. The monoisotopic (exact) mass is 251 g/mol. The Bertz CT molecular complexity index is 389. The van der Waals surface area contributed by atoms with E-state index in [1.165, 1.54) is 0 Å². The Labute approximate surface area is 108 Å². The molecule has 0 saturated carbocycles. The Hall–Kier alpha value is -1.10. The third-order valence-corrected chi connectivity index (χ3v) is 3.48. The molecule has 4 nitrogen and oxygen atoms in total. The first-order chi connectivity index (χ1) is 8.74. The molecule has 100 valence electrons. The van der Waals surface area contributed by atoms with Gasteiger partial charge in [-0.2, -0.15) is 0 Å². The normalized spacial score (nSPS) is 19.4. The van der Waals surface area contributed by atoms with Crippen LogP contribution < -0.4 is 4.74 Å². The number of likely N-dealkylation sites (N-methyl/N-ethyl adjacent to an activating group) is 1. The van der Waals surface area contributed by atoms with Crippen LogP contribution in [0.3, 0.4) is 0 Å². The van der Waals surface area contributed by atoms with Gasteiger partial charge in [-0.3, -0.25) is 4.90 Å². The summed E-state index contributed by atoms with van der Waals surface area (Å²) in [6.45, 7) is 2.53. The van der Waals surface area contributed by atoms with Crippen molar-refractivity contribution in [1.29, 1.82) is 0 Å². The van der Waals surface area contributed by atoms with Crippen molar-refractivity contribution in [2.75, 3.05) is 27.4 Å². The van der Waals surface area contributed by atoms with Crippen molar-refractivity contribution in [2.24, 2.45) is 0 Å². The molecule has 1 saturated heterocycles. The van der Waals surface area contributed by atoms with E-state index in [1.54, 1.807) is 7.11 Å². The first kappa shape index (κ1) is 13.3. The topological polar surface area (TPSA) is 41.9 Å². The number of benzene rings is 1. The summed E-state index contributed by atoms with van der Waals surface area (Å²) < 4.78 is 10.8. The number of methoxy groups -OCH3 is 1. The fourth-order valence-corrected chi connectivity index (χ4v) is 2.32. The minimum atomic E-state index is 0.0627. The Morgan fingerprint density at radius 1 is 1.50 bits per heavy atom. The lowest BCUT2D eigenvalue weighted by Crippen LogP contribution is -2.31. The molecule has 1 N–H and O–H groups in total. The van der Waals surface area contributed by atoms with Gasteiger partial charge in [-0.25, -0.2) is 0 Å². The van der Waals surface area contributed by atoms with Crippen LogP contribution in [0.2, 0.25) is 0 Å². The van der Waals surface area contributed by atoms with Crippen molar-refractivity contribution in [2.45, 2.75) is 25.6 Å². The van der Waals surface area contributed by atoms with Crippen LogP contribution in [0.25, 0.3) is 0 Å². The number of rotatable bonds is 5. The van der Waals surface area contributed by atoms with E-state index in [9.17, 15) is 5.11 Å². The third kappa shape index (κ3) is 3.02. The molecule has 0 aromatic heterocycles. The number of aliphatic hydroxyl groups excluding tert-OH is 1. The zero-order valence-electron chi connectivity index (χ0n) is 11.1. The number of nitrogens with zero attached hydrogens (tertiary/aromatic N) is 1. The first-order valence-corrected chi connectivity index (χ1v) is 6.29. The maximum absolute atomic E-state index is 9.20. The second-order valence-electron chi connectivity index (χ2n) is 4.74. The van der Waals surface area contributed by atoms with Crippen molar-refractivity contribution in [3.63, 3.8) is 0 Å². The molecule has 4 heteroatoms. The van der Waals surface area contributed by atoms with Gasteiger partial charge in [-0.1, -0.05) is 6.07 Å². The Morgan fingerprint density at radius 2 is 2.33 bits per heavy atom. The summed E-state index contributed by atoms with van der Waals surface area (Å²) in [6, 6.07) is 6.29. The Balaban J connectivity index is 2.10. The van der Waals surface area contributed by atoms with Crippen LogP contribution in [0.1, 0.15) is 17.5 Å². The van der Waals surface area contributed by atoms with Crippen molar-refractivity contribution in [3.8, 4) is 5.75 Å².